The molecular formula is C16H19NO2. The van der Waals surface area contributed by atoms with Crippen molar-refractivity contribution in [3.05, 3.63) is 54.6 Å². The molecule has 0 amide bonds. The Hall–Kier alpha value is -2.00. The number of aliphatic hydroxyl groups excluding tert-OH is 1. The van der Waals surface area contributed by atoms with Gasteiger partial charge in [-0.1, -0.05) is 18.2 Å². The van der Waals surface area contributed by atoms with E-state index in [9.17, 15) is 5.11 Å². The van der Waals surface area contributed by atoms with Gasteiger partial charge in [0.25, 0.3) is 0 Å². The van der Waals surface area contributed by atoms with Gasteiger partial charge in [0.05, 0.1) is 6.10 Å². The van der Waals surface area contributed by atoms with Gasteiger partial charge < -0.3 is 14.7 Å². The van der Waals surface area contributed by atoms with Crippen molar-refractivity contribution in [1.29, 1.82) is 0 Å². The van der Waals surface area contributed by atoms with Crippen molar-refractivity contribution in [3.63, 3.8) is 0 Å². The van der Waals surface area contributed by atoms with Crippen molar-refractivity contribution in [2.75, 3.05) is 18.5 Å². The van der Waals surface area contributed by atoms with E-state index in [1.165, 1.54) is 0 Å². The Kier molecular flexibility index (Phi) is 4.42. The quantitative estimate of drug-likeness (QED) is 0.892. The molecule has 2 rings (SSSR count). The first-order valence-corrected chi connectivity index (χ1v) is 6.37. The van der Waals surface area contributed by atoms with E-state index in [0.717, 1.165) is 17.2 Å². The number of rotatable bonds is 5. The molecule has 0 spiro atoms. The molecule has 1 unspecified atom stereocenters. The van der Waals surface area contributed by atoms with Crippen molar-refractivity contribution in [3.8, 4) is 11.5 Å². The van der Waals surface area contributed by atoms with Crippen molar-refractivity contribution >= 4 is 5.69 Å². The molecule has 0 aromatic heterocycles. The van der Waals surface area contributed by atoms with Gasteiger partial charge in [-0.05, 0) is 43.3 Å². The second kappa shape index (κ2) is 6.25. The summed E-state index contributed by atoms with van der Waals surface area (Å²) in [5.74, 6) is 1.63. The monoisotopic (exact) mass is 257 g/mol. The Bertz CT molecular complexity index is 494. The first-order valence-electron chi connectivity index (χ1n) is 6.37. The normalized spacial score (nSPS) is 11.9. The highest BCUT2D eigenvalue weighted by Crippen LogP contribution is 2.23. The number of nitrogens with zero attached hydrogens (tertiary/aromatic N) is 1. The zero-order valence-electron chi connectivity index (χ0n) is 11.3. The van der Waals surface area contributed by atoms with E-state index in [4.69, 9.17) is 4.74 Å². The van der Waals surface area contributed by atoms with E-state index < -0.39 is 0 Å². The summed E-state index contributed by atoms with van der Waals surface area (Å²) in [4.78, 5) is 2.01. The standard InChI is InChI=1S/C16H19NO2/c1-13(18)12-17(2)14-8-10-16(11-9-14)19-15-6-4-3-5-7-15/h3-11,13,18H,12H2,1-2H3. The molecule has 3 heteroatoms. The average molecular weight is 257 g/mol. The van der Waals surface area contributed by atoms with Crippen LogP contribution in [0, 0.1) is 0 Å². The smallest absolute Gasteiger partial charge is 0.127 e. The van der Waals surface area contributed by atoms with E-state index >= 15 is 0 Å². The Morgan fingerprint density at radius 2 is 1.58 bits per heavy atom. The summed E-state index contributed by atoms with van der Waals surface area (Å²) in [5, 5.41) is 9.37. The SMILES string of the molecule is CC(O)CN(C)c1ccc(Oc2ccccc2)cc1. The van der Waals surface area contributed by atoms with Gasteiger partial charge in [-0.3, -0.25) is 0 Å². The number of ether oxygens (including phenoxy) is 1. The third-order valence-corrected chi connectivity index (χ3v) is 2.79. The first kappa shape index (κ1) is 13.4. The van der Waals surface area contributed by atoms with Gasteiger partial charge in [0.15, 0.2) is 0 Å². The highest BCUT2D eigenvalue weighted by Gasteiger charge is 2.04. The van der Waals surface area contributed by atoms with Crippen molar-refractivity contribution < 1.29 is 9.84 Å². The van der Waals surface area contributed by atoms with Crippen LogP contribution >= 0.6 is 0 Å². The topological polar surface area (TPSA) is 32.7 Å². The minimum absolute atomic E-state index is 0.342. The Labute approximate surface area is 114 Å². The molecule has 0 saturated heterocycles. The predicted molar refractivity (Wildman–Crippen MR) is 77.9 cm³/mol. The molecule has 0 aliphatic heterocycles. The number of likely N-dealkylation sites (N-methyl/N-ethyl adjacent to an activating group) is 1. The maximum Gasteiger partial charge on any atom is 0.127 e. The van der Waals surface area contributed by atoms with E-state index in [0.29, 0.717) is 6.54 Å². The predicted octanol–water partition coefficient (Wildman–Crippen LogP) is 3.30. The molecule has 19 heavy (non-hydrogen) atoms. The second-order valence-corrected chi connectivity index (χ2v) is 4.64. The summed E-state index contributed by atoms with van der Waals surface area (Å²) in [5.41, 5.74) is 1.06. The summed E-state index contributed by atoms with van der Waals surface area (Å²) in [6.07, 6.45) is -0.342. The van der Waals surface area contributed by atoms with Crippen LogP contribution < -0.4 is 9.64 Å². The number of hydrogen-bond acceptors (Lipinski definition) is 3. The largest absolute Gasteiger partial charge is 0.457 e. The molecule has 0 aliphatic rings. The van der Waals surface area contributed by atoms with E-state index in [-0.39, 0.29) is 6.10 Å². The molecule has 0 bridgehead atoms. The molecule has 0 heterocycles. The molecule has 2 aromatic carbocycles. The molecular weight excluding hydrogens is 238 g/mol. The van der Waals surface area contributed by atoms with Crippen molar-refractivity contribution in [2.45, 2.75) is 13.0 Å². The lowest BCUT2D eigenvalue weighted by Gasteiger charge is -2.21. The molecule has 2 aromatic rings. The van der Waals surface area contributed by atoms with Gasteiger partial charge in [-0.2, -0.15) is 0 Å². The second-order valence-electron chi connectivity index (χ2n) is 4.64. The van der Waals surface area contributed by atoms with Crippen LogP contribution in [0.5, 0.6) is 11.5 Å². The van der Waals surface area contributed by atoms with Crippen molar-refractivity contribution in [2.24, 2.45) is 0 Å². The number of aliphatic hydroxyl groups is 1. The third-order valence-electron chi connectivity index (χ3n) is 2.79. The lowest BCUT2D eigenvalue weighted by molar-refractivity contribution is 0.201. The van der Waals surface area contributed by atoms with Gasteiger partial charge in [0, 0.05) is 19.3 Å². The van der Waals surface area contributed by atoms with Gasteiger partial charge >= 0.3 is 0 Å². The minimum atomic E-state index is -0.342. The Morgan fingerprint density at radius 3 is 2.16 bits per heavy atom. The fourth-order valence-corrected chi connectivity index (χ4v) is 1.90. The molecule has 1 atom stereocenters. The summed E-state index contributed by atoms with van der Waals surface area (Å²) in [7, 11) is 1.96. The van der Waals surface area contributed by atoms with Crippen LogP contribution in [0.4, 0.5) is 5.69 Å². The average Bonchev–Trinajstić information content (AvgIpc) is 2.40. The van der Waals surface area contributed by atoms with Crippen LogP contribution in [0.25, 0.3) is 0 Å². The molecule has 0 aliphatic carbocycles. The summed E-state index contributed by atoms with van der Waals surface area (Å²) in [6, 6.07) is 17.5. The van der Waals surface area contributed by atoms with Crippen LogP contribution in [0.3, 0.4) is 0 Å². The zero-order valence-corrected chi connectivity index (χ0v) is 11.3. The van der Waals surface area contributed by atoms with Crippen LogP contribution in [-0.2, 0) is 0 Å². The van der Waals surface area contributed by atoms with E-state index in [1.54, 1.807) is 6.92 Å². The molecule has 100 valence electrons. The fourth-order valence-electron chi connectivity index (χ4n) is 1.90. The molecule has 0 fully saturated rings. The van der Waals surface area contributed by atoms with Crippen LogP contribution in [0.1, 0.15) is 6.92 Å². The van der Waals surface area contributed by atoms with Gasteiger partial charge in [0.2, 0.25) is 0 Å². The third kappa shape index (κ3) is 4.00. The number of para-hydroxylation sites is 1. The molecule has 1 N–H and O–H groups in total. The maximum absolute atomic E-state index is 9.37. The number of anilines is 1. The van der Waals surface area contributed by atoms with Crippen molar-refractivity contribution in [1.82, 2.24) is 0 Å². The van der Waals surface area contributed by atoms with Crippen LogP contribution in [0.15, 0.2) is 54.6 Å². The van der Waals surface area contributed by atoms with E-state index in [2.05, 4.69) is 0 Å². The fraction of sp³-hybridized carbons (Fsp3) is 0.250. The summed E-state index contributed by atoms with van der Waals surface area (Å²) >= 11 is 0. The Balaban J connectivity index is 2.02. The first-order chi connectivity index (χ1) is 9.15. The molecule has 0 saturated carbocycles. The van der Waals surface area contributed by atoms with E-state index in [1.807, 2.05) is 66.5 Å². The molecule has 0 radical (unpaired) electrons. The minimum Gasteiger partial charge on any atom is -0.457 e. The highest BCUT2D eigenvalue weighted by atomic mass is 16.5. The van der Waals surface area contributed by atoms with Crippen LogP contribution in [0.2, 0.25) is 0 Å². The Morgan fingerprint density at radius 1 is 1.00 bits per heavy atom. The van der Waals surface area contributed by atoms with Crippen LogP contribution in [-0.4, -0.2) is 24.8 Å². The summed E-state index contributed by atoms with van der Waals surface area (Å²) in [6.45, 7) is 2.39. The van der Waals surface area contributed by atoms with Gasteiger partial charge in [0.1, 0.15) is 11.5 Å². The maximum atomic E-state index is 9.37. The van der Waals surface area contributed by atoms with Gasteiger partial charge in [-0.15, -0.1) is 0 Å². The molecule has 3 nitrogen and oxygen atoms in total. The highest BCUT2D eigenvalue weighted by molar-refractivity contribution is 5.49. The van der Waals surface area contributed by atoms with Gasteiger partial charge in [-0.25, -0.2) is 0 Å². The number of hydrogen-bond donors (Lipinski definition) is 1. The lowest BCUT2D eigenvalue weighted by atomic mass is 10.2. The zero-order chi connectivity index (χ0) is 13.7. The number of benzene rings is 2. The summed E-state index contributed by atoms with van der Waals surface area (Å²) < 4.78 is 5.73. The lowest BCUT2D eigenvalue weighted by Crippen LogP contribution is -2.26.